The van der Waals surface area contributed by atoms with E-state index in [4.69, 9.17) is 27.2 Å². The van der Waals surface area contributed by atoms with Crippen LogP contribution in [0, 0.1) is 5.82 Å². The van der Waals surface area contributed by atoms with Gasteiger partial charge in [0.05, 0.1) is 9.92 Å². The second-order valence-electron chi connectivity index (χ2n) is 7.25. The number of benzene rings is 2. The molecule has 3 rings (SSSR count). The highest BCUT2D eigenvalue weighted by Crippen LogP contribution is 2.31. The Morgan fingerprint density at radius 3 is 2.40 bits per heavy atom. The molecule has 164 valence electrons. The Kier molecular flexibility index (Phi) is 7.67. The lowest BCUT2D eigenvalue weighted by Gasteiger charge is -2.35. The van der Waals surface area contributed by atoms with Crippen LogP contribution in [0.2, 0.25) is 5.02 Å². The maximum atomic E-state index is 13.4. The molecule has 0 aromatic heterocycles. The summed E-state index contributed by atoms with van der Waals surface area (Å²) >= 11 is 5.84. The molecule has 0 saturated carbocycles. The van der Waals surface area contributed by atoms with Gasteiger partial charge in [-0.2, -0.15) is 0 Å². The minimum absolute atomic E-state index is 0.0172. The van der Waals surface area contributed by atoms with E-state index in [1.165, 1.54) is 30.3 Å². The predicted molar refractivity (Wildman–Crippen MR) is 115 cm³/mol. The molecule has 1 fully saturated rings. The zero-order chi connectivity index (χ0) is 21.7. The van der Waals surface area contributed by atoms with Crippen molar-refractivity contribution < 1.29 is 17.5 Å². The van der Waals surface area contributed by atoms with E-state index in [-0.39, 0.29) is 9.92 Å². The Morgan fingerprint density at radius 2 is 1.77 bits per heavy atom. The molecular formula is C20H26ClFN4O3S. The first-order valence-electron chi connectivity index (χ1n) is 9.69. The van der Waals surface area contributed by atoms with Gasteiger partial charge in [0.15, 0.2) is 0 Å². The molecule has 0 bridgehead atoms. The fourth-order valence-corrected chi connectivity index (χ4v) is 4.08. The molecule has 1 heterocycles. The number of nitrogens with two attached hydrogens (primary N) is 2. The van der Waals surface area contributed by atoms with Gasteiger partial charge in [-0.15, -0.1) is 0 Å². The van der Waals surface area contributed by atoms with Crippen LogP contribution in [0.3, 0.4) is 0 Å². The SMILES string of the molecule is NCCCN1CCN(Cc2cc(S(N)(=O)=O)ccc2Oc2ccc(F)c(Cl)c2)CC1. The van der Waals surface area contributed by atoms with E-state index in [1.54, 1.807) is 6.07 Å². The Morgan fingerprint density at radius 1 is 1.07 bits per heavy atom. The third-order valence-electron chi connectivity index (χ3n) is 5.02. The lowest BCUT2D eigenvalue weighted by Crippen LogP contribution is -2.46. The average molecular weight is 457 g/mol. The molecule has 0 atom stereocenters. The third kappa shape index (κ3) is 6.13. The molecule has 1 aliphatic rings. The number of piperazine rings is 1. The Bertz CT molecular complexity index is 982. The number of hydrogen-bond acceptors (Lipinski definition) is 6. The van der Waals surface area contributed by atoms with E-state index in [0.29, 0.717) is 30.2 Å². The quantitative estimate of drug-likeness (QED) is 0.632. The van der Waals surface area contributed by atoms with Crippen molar-refractivity contribution in [3.05, 3.63) is 52.8 Å². The van der Waals surface area contributed by atoms with Gasteiger partial charge in [0.1, 0.15) is 17.3 Å². The molecule has 0 spiro atoms. The van der Waals surface area contributed by atoms with Gasteiger partial charge in [-0.25, -0.2) is 17.9 Å². The van der Waals surface area contributed by atoms with Crippen molar-refractivity contribution in [1.29, 1.82) is 0 Å². The molecule has 1 saturated heterocycles. The minimum Gasteiger partial charge on any atom is -0.457 e. The molecular weight excluding hydrogens is 431 g/mol. The van der Waals surface area contributed by atoms with Gasteiger partial charge >= 0.3 is 0 Å². The smallest absolute Gasteiger partial charge is 0.238 e. The highest BCUT2D eigenvalue weighted by molar-refractivity contribution is 7.89. The van der Waals surface area contributed by atoms with Crippen molar-refractivity contribution >= 4 is 21.6 Å². The van der Waals surface area contributed by atoms with Crippen LogP contribution in [0.1, 0.15) is 12.0 Å². The summed E-state index contributed by atoms with van der Waals surface area (Å²) < 4.78 is 43.0. The summed E-state index contributed by atoms with van der Waals surface area (Å²) in [6, 6.07) is 8.54. The maximum absolute atomic E-state index is 13.4. The van der Waals surface area contributed by atoms with Crippen LogP contribution >= 0.6 is 11.6 Å². The molecule has 1 aliphatic heterocycles. The molecule has 0 unspecified atom stereocenters. The van der Waals surface area contributed by atoms with E-state index in [2.05, 4.69) is 9.80 Å². The first kappa shape index (κ1) is 22.9. The molecule has 0 radical (unpaired) electrons. The topological polar surface area (TPSA) is 102 Å². The summed E-state index contributed by atoms with van der Waals surface area (Å²) in [7, 11) is -3.85. The standard InChI is InChI=1S/C20H26ClFN4O3S/c21-18-13-16(2-4-19(18)22)29-20-5-3-17(30(24,27)28)12-15(20)14-26-10-8-25(9-11-26)7-1-6-23/h2-5,12-13H,1,6-11,14,23H2,(H2,24,27,28). The highest BCUT2D eigenvalue weighted by atomic mass is 35.5. The summed E-state index contributed by atoms with van der Waals surface area (Å²) in [6.07, 6.45) is 0.967. The van der Waals surface area contributed by atoms with Gasteiger partial charge in [-0.3, -0.25) is 4.90 Å². The molecule has 30 heavy (non-hydrogen) atoms. The summed E-state index contributed by atoms with van der Waals surface area (Å²) in [6.45, 7) is 5.66. The van der Waals surface area contributed by atoms with Crippen molar-refractivity contribution in [3.8, 4) is 11.5 Å². The van der Waals surface area contributed by atoms with Crippen LogP contribution in [-0.2, 0) is 16.6 Å². The molecule has 2 aromatic rings. The third-order valence-corrected chi connectivity index (χ3v) is 6.22. The Labute approximate surface area is 181 Å². The minimum atomic E-state index is -3.85. The predicted octanol–water partition coefficient (Wildman–Crippen LogP) is 2.39. The van der Waals surface area contributed by atoms with E-state index in [0.717, 1.165) is 39.1 Å². The van der Waals surface area contributed by atoms with Gasteiger partial charge in [-0.05, 0) is 49.8 Å². The van der Waals surface area contributed by atoms with E-state index >= 15 is 0 Å². The second-order valence-corrected chi connectivity index (χ2v) is 9.22. The fraction of sp³-hybridized carbons (Fsp3) is 0.400. The van der Waals surface area contributed by atoms with Crippen LogP contribution in [0.15, 0.2) is 41.3 Å². The highest BCUT2D eigenvalue weighted by Gasteiger charge is 2.20. The van der Waals surface area contributed by atoms with Gasteiger partial charge in [0.2, 0.25) is 10.0 Å². The molecule has 2 aromatic carbocycles. The number of rotatable bonds is 8. The van der Waals surface area contributed by atoms with Gasteiger partial charge in [0, 0.05) is 44.4 Å². The van der Waals surface area contributed by atoms with Crippen molar-refractivity contribution in [2.45, 2.75) is 17.9 Å². The number of nitrogens with zero attached hydrogens (tertiary/aromatic N) is 2. The lowest BCUT2D eigenvalue weighted by atomic mass is 10.1. The van der Waals surface area contributed by atoms with Gasteiger partial charge in [-0.1, -0.05) is 11.6 Å². The van der Waals surface area contributed by atoms with Crippen LogP contribution in [0.4, 0.5) is 4.39 Å². The molecule has 10 heteroatoms. The van der Waals surface area contributed by atoms with E-state index in [9.17, 15) is 12.8 Å². The van der Waals surface area contributed by atoms with E-state index in [1.807, 2.05) is 0 Å². The van der Waals surface area contributed by atoms with Crippen molar-refractivity contribution in [3.63, 3.8) is 0 Å². The Balaban J connectivity index is 1.79. The molecule has 0 aliphatic carbocycles. The monoisotopic (exact) mass is 456 g/mol. The summed E-state index contributed by atoms with van der Waals surface area (Å²) in [5.74, 6) is 0.287. The van der Waals surface area contributed by atoms with Crippen molar-refractivity contribution in [1.82, 2.24) is 9.80 Å². The number of primary sulfonamides is 1. The summed E-state index contributed by atoms with van der Waals surface area (Å²) in [4.78, 5) is 4.61. The van der Waals surface area contributed by atoms with Crippen LogP contribution in [0.25, 0.3) is 0 Å². The number of hydrogen-bond donors (Lipinski definition) is 2. The van der Waals surface area contributed by atoms with E-state index < -0.39 is 15.8 Å². The Hall–Kier alpha value is -1.75. The zero-order valence-corrected chi connectivity index (χ0v) is 18.1. The first-order chi connectivity index (χ1) is 14.3. The number of ether oxygens (including phenoxy) is 1. The molecule has 4 N–H and O–H groups in total. The second kappa shape index (κ2) is 10.0. The lowest BCUT2D eigenvalue weighted by molar-refractivity contribution is 0.126. The average Bonchev–Trinajstić information content (AvgIpc) is 2.70. The van der Waals surface area contributed by atoms with Crippen LogP contribution in [0.5, 0.6) is 11.5 Å². The zero-order valence-electron chi connectivity index (χ0n) is 16.6. The van der Waals surface area contributed by atoms with Gasteiger partial charge in [0.25, 0.3) is 0 Å². The van der Waals surface area contributed by atoms with Gasteiger partial charge < -0.3 is 15.4 Å². The molecule has 0 amide bonds. The maximum Gasteiger partial charge on any atom is 0.238 e. The number of halogens is 2. The first-order valence-corrected chi connectivity index (χ1v) is 11.6. The molecule has 7 nitrogen and oxygen atoms in total. The summed E-state index contributed by atoms with van der Waals surface area (Å²) in [5, 5.41) is 5.25. The van der Waals surface area contributed by atoms with Crippen LogP contribution in [-0.4, -0.2) is 57.5 Å². The van der Waals surface area contributed by atoms with Crippen molar-refractivity contribution in [2.75, 3.05) is 39.3 Å². The largest absolute Gasteiger partial charge is 0.457 e. The summed E-state index contributed by atoms with van der Waals surface area (Å²) in [5.41, 5.74) is 6.26. The number of sulfonamides is 1. The van der Waals surface area contributed by atoms with Crippen molar-refractivity contribution in [2.24, 2.45) is 10.9 Å². The normalized spacial score (nSPS) is 16.0. The fourth-order valence-electron chi connectivity index (χ4n) is 3.35. The van der Waals surface area contributed by atoms with Crippen LogP contribution < -0.4 is 15.6 Å².